The molecule has 2 aromatic rings. The van der Waals surface area contributed by atoms with Gasteiger partial charge >= 0.3 is 0 Å². The van der Waals surface area contributed by atoms with E-state index >= 15 is 0 Å². The average molecular weight is 443 g/mol. The second kappa shape index (κ2) is 8.92. The van der Waals surface area contributed by atoms with Crippen LogP contribution in [0.3, 0.4) is 0 Å². The summed E-state index contributed by atoms with van der Waals surface area (Å²) < 4.78 is 64.0. The number of fused-ring (bicyclic) bond motifs is 1. The molecule has 0 spiro atoms. The molecule has 0 radical (unpaired) electrons. The molecule has 2 saturated heterocycles. The number of hydrogen-bond acceptors (Lipinski definition) is 7. The number of halogens is 2. The first-order valence-electron chi connectivity index (χ1n) is 9.69. The van der Waals surface area contributed by atoms with E-state index in [1.54, 1.807) is 12.1 Å². The Bertz CT molecular complexity index is 980. The Hall–Kier alpha value is -2.15. The zero-order chi connectivity index (χ0) is 21.1. The van der Waals surface area contributed by atoms with E-state index in [0.717, 1.165) is 5.69 Å². The predicted molar refractivity (Wildman–Crippen MR) is 106 cm³/mol. The van der Waals surface area contributed by atoms with Gasteiger partial charge in [0.15, 0.2) is 6.61 Å². The molecule has 0 saturated carbocycles. The largest absolute Gasteiger partial charge is 0.471 e. The van der Waals surface area contributed by atoms with Crippen molar-refractivity contribution in [2.24, 2.45) is 0 Å². The number of rotatable bonds is 6. The van der Waals surface area contributed by atoms with Gasteiger partial charge in [-0.15, -0.1) is 0 Å². The van der Waals surface area contributed by atoms with Crippen LogP contribution >= 0.6 is 0 Å². The molecule has 0 amide bonds. The van der Waals surface area contributed by atoms with Gasteiger partial charge in [0.2, 0.25) is 5.88 Å². The van der Waals surface area contributed by atoms with E-state index < -0.39 is 23.2 Å². The Morgan fingerprint density at radius 3 is 2.43 bits per heavy atom. The average Bonchev–Trinajstić information content (AvgIpc) is 2.78. The Morgan fingerprint density at radius 2 is 1.73 bits per heavy atom. The molecule has 0 atom stereocenters. The number of nitrogens with zero attached hydrogens (tertiary/aromatic N) is 5. The zero-order valence-electron chi connectivity index (χ0n) is 16.3. The van der Waals surface area contributed by atoms with Crippen molar-refractivity contribution >= 4 is 26.8 Å². The molecule has 2 aliphatic rings. The summed E-state index contributed by atoms with van der Waals surface area (Å²) in [5.74, 6) is 0.107. The molecule has 30 heavy (non-hydrogen) atoms. The van der Waals surface area contributed by atoms with Crippen molar-refractivity contribution in [2.75, 3.05) is 64.0 Å². The standard InChI is InChI=1S/C18H23F2N5O4S/c19-17(20)12-29-18-15-11-14(1-2-16(15)21-13-22-18)23-3-5-24(6-4-23)30(26,27)25-7-9-28-10-8-25/h1-2,11,13,17H,3-10,12H2. The van der Waals surface area contributed by atoms with Crippen LogP contribution in [0.15, 0.2) is 24.5 Å². The summed E-state index contributed by atoms with van der Waals surface area (Å²) in [4.78, 5) is 10.2. The fourth-order valence-corrected chi connectivity index (χ4v) is 5.15. The second-order valence-corrected chi connectivity index (χ2v) is 8.92. The Labute approximate surface area is 173 Å². The molecular weight excluding hydrogens is 420 g/mol. The molecule has 0 unspecified atom stereocenters. The van der Waals surface area contributed by atoms with Crippen LogP contribution < -0.4 is 9.64 Å². The summed E-state index contributed by atoms with van der Waals surface area (Å²) in [6.45, 7) is 2.56. The third-order valence-electron chi connectivity index (χ3n) is 5.15. The van der Waals surface area contributed by atoms with Crippen molar-refractivity contribution in [3.63, 3.8) is 0 Å². The van der Waals surface area contributed by atoms with E-state index in [1.165, 1.54) is 14.9 Å². The summed E-state index contributed by atoms with van der Waals surface area (Å²) >= 11 is 0. The van der Waals surface area contributed by atoms with Crippen LogP contribution in [0.4, 0.5) is 14.5 Å². The minimum atomic E-state index is -3.50. The number of ether oxygens (including phenoxy) is 2. The number of aromatic nitrogens is 2. The van der Waals surface area contributed by atoms with Gasteiger partial charge in [0.05, 0.1) is 24.1 Å². The summed E-state index contributed by atoms with van der Waals surface area (Å²) in [6, 6.07) is 5.44. The van der Waals surface area contributed by atoms with Crippen molar-refractivity contribution in [2.45, 2.75) is 6.43 Å². The van der Waals surface area contributed by atoms with Crippen molar-refractivity contribution in [3.05, 3.63) is 24.5 Å². The molecule has 1 aromatic carbocycles. The number of morpholine rings is 1. The molecule has 9 nitrogen and oxygen atoms in total. The van der Waals surface area contributed by atoms with Crippen molar-refractivity contribution < 1.29 is 26.7 Å². The summed E-state index contributed by atoms with van der Waals surface area (Å²) in [5, 5.41) is 0.541. The number of anilines is 1. The van der Waals surface area contributed by atoms with Gasteiger partial charge in [0.25, 0.3) is 16.6 Å². The van der Waals surface area contributed by atoms with Crippen LogP contribution in [0.5, 0.6) is 5.88 Å². The Balaban J connectivity index is 1.47. The highest BCUT2D eigenvalue weighted by Crippen LogP contribution is 2.28. The van der Waals surface area contributed by atoms with Gasteiger partial charge in [-0.25, -0.2) is 18.7 Å². The van der Waals surface area contributed by atoms with E-state index in [9.17, 15) is 17.2 Å². The smallest absolute Gasteiger partial charge is 0.282 e. The van der Waals surface area contributed by atoms with Gasteiger partial charge in [0.1, 0.15) is 6.33 Å². The van der Waals surface area contributed by atoms with E-state index in [1.807, 2.05) is 6.07 Å². The molecule has 1 aromatic heterocycles. The maximum absolute atomic E-state index is 12.8. The van der Waals surface area contributed by atoms with Gasteiger partial charge in [-0.05, 0) is 18.2 Å². The molecule has 2 aliphatic heterocycles. The Morgan fingerprint density at radius 1 is 1.03 bits per heavy atom. The normalized spacial score (nSPS) is 19.5. The number of hydrogen-bond donors (Lipinski definition) is 0. The Kier molecular flexibility index (Phi) is 6.27. The van der Waals surface area contributed by atoms with Crippen LogP contribution in [-0.4, -0.2) is 92.5 Å². The third kappa shape index (κ3) is 4.46. The number of benzene rings is 1. The topological polar surface area (TPSA) is 88.1 Å². The first-order valence-corrected chi connectivity index (χ1v) is 11.1. The first-order chi connectivity index (χ1) is 14.4. The minimum absolute atomic E-state index is 0.107. The van der Waals surface area contributed by atoms with Crippen LogP contribution in [-0.2, 0) is 14.9 Å². The summed E-state index contributed by atoms with van der Waals surface area (Å²) in [5.41, 5.74) is 1.43. The molecule has 3 heterocycles. The molecular formula is C18H23F2N5O4S. The molecule has 12 heteroatoms. The highest BCUT2D eigenvalue weighted by Gasteiger charge is 2.33. The number of piperazine rings is 1. The van der Waals surface area contributed by atoms with Crippen molar-refractivity contribution in [1.29, 1.82) is 0 Å². The molecule has 0 N–H and O–H groups in total. The fourth-order valence-electron chi connectivity index (χ4n) is 3.59. The molecule has 164 valence electrons. The first kappa shape index (κ1) is 21.1. The lowest BCUT2D eigenvalue weighted by Crippen LogP contribution is -2.55. The second-order valence-electron chi connectivity index (χ2n) is 6.99. The van der Waals surface area contributed by atoms with E-state index in [2.05, 4.69) is 14.9 Å². The van der Waals surface area contributed by atoms with E-state index in [4.69, 9.17) is 9.47 Å². The van der Waals surface area contributed by atoms with Gasteiger partial charge < -0.3 is 14.4 Å². The highest BCUT2D eigenvalue weighted by atomic mass is 32.2. The summed E-state index contributed by atoms with van der Waals surface area (Å²) in [6.07, 6.45) is -1.32. The lowest BCUT2D eigenvalue weighted by molar-refractivity contribution is 0.0700. The fraction of sp³-hybridized carbons (Fsp3) is 0.556. The zero-order valence-corrected chi connectivity index (χ0v) is 17.1. The van der Waals surface area contributed by atoms with E-state index in [0.29, 0.717) is 63.4 Å². The molecule has 2 fully saturated rings. The van der Waals surface area contributed by atoms with Crippen molar-refractivity contribution in [1.82, 2.24) is 18.6 Å². The van der Waals surface area contributed by atoms with Crippen LogP contribution in [0.1, 0.15) is 0 Å². The molecule has 0 bridgehead atoms. The van der Waals surface area contributed by atoms with Gasteiger partial charge in [0, 0.05) is 45.0 Å². The molecule has 4 rings (SSSR count). The highest BCUT2D eigenvalue weighted by molar-refractivity contribution is 7.86. The summed E-state index contributed by atoms with van der Waals surface area (Å²) in [7, 11) is -3.50. The van der Waals surface area contributed by atoms with Gasteiger partial charge in [-0.1, -0.05) is 0 Å². The predicted octanol–water partition coefficient (Wildman–Crippen LogP) is 0.973. The molecule has 0 aliphatic carbocycles. The van der Waals surface area contributed by atoms with E-state index in [-0.39, 0.29) is 5.88 Å². The van der Waals surface area contributed by atoms with Gasteiger partial charge in [-0.3, -0.25) is 0 Å². The maximum Gasteiger partial charge on any atom is 0.282 e. The van der Waals surface area contributed by atoms with Crippen LogP contribution in [0.25, 0.3) is 10.9 Å². The monoisotopic (exact) mass is 443 g/mol. The van der Waals surface area contributed by atoms with Crippen LogP contribution in [0.2, 0.25) is 0 Å². The maximum atomic E-state index is 12.8. The van der Waals surface area contributed by atoms with Crippen LogP contribution in [0, 0.1) is 0 Å². The quantitative estimate of drug-likeness (QED) is 0.658. The third-order valence-corrected chi connectivity index (χ3v) is 7.19. The lowest BCUT2D eigenvalue weighted by Gasteiger charge is -2.38. The minimum Gasteiger partial charge on any atom is -0.471 e. The van der Waals surface area contributed by atoms with Crippen molar-refractivity contribution in [3.8, 4) is 5.88 Å². The van der Waals surface area contributed by atoms with Gasteiger partial charge in [-0.2, -0.15) is 17.0 Å². The number of alkyl halides is 2. The lowest BCUT2D eigenvalue weighted by atomic mass is 10.2. The SMILES string of the molecule is O=S(=O)(N1CCOCC1)N1CCN(c2ccc3ncnc(OCC(F)F)c3c2)CC1.